The van der Waals surface area contributed by atoms with Gasteiger partial charge in [0.25, 0.3) is 0 Å². The maximum absolute atomic E-state index is 5.87. The molecule has 0 saturated carbocycles. The van der Waals surface area contributed by atoms with Crippen LogP contribution in [0.4, 0.5) is 5.88 Å². The Hall–Kier alpha value is -2.17. The first kappa shape index (κ1) is 13.3. The summed E-state index contributed by atoms with van der Waals surface area (Å²) in [6, 6.07) is 5.62. The fourth-order valence-corrected chi connectivity index (χ4v) is 1.99. The van der Waals surface area contributed by atoms with Crippen molar-refractivity contribution in [2.24, 2.45) is 0 Å². The number of nitrogen functional groups attached to an aromatic ring is 1. The van der Waals surface area contributed by atoms with Crippen LogP contribution in [0.3, 0.4) is 0 Å². The molecule has 0 aliphatic heterocycles. The molecule has 0 radical (unpaired) electrons. The second kappa shape index (κ2) is 5.22. The number of nitrogens with two attached hydrogens (primary N) is 1. The van der Waals surface area contributed by atoms with Gasteiger partial charge >= 0.3 is 0 Å². The van der Waals surface area contributed by atoms with Gasteiger partial charge < -0.3 is 19.7 Å². The highest BCUT2D eigenvalue weighted by Crippen LogP contribution is 2.38. The lowest BCUT2D eigenvalue weighted by atomic mass is 9.99. The molecule has 0 unspecified atom stereocenters. The maximum Gasteiger partial charge on any atom is 0.230 e. The highest BCUT2D eigenvalue weighted by atomic mass is 16.5. The Bertz CT molecular complexity index is 576. The Kier molecular flexibility index (Phi) is 3.64. The second-order valence-corrected chi connectivity index (χ2v) is 4.53. The van der Waals surface area contributed by atoms with Crippen LogP contribution in [0.15, 0.2) is 22.7 Å². The molecule has 0 saturated heterocycles. The summed E-state index contributed by atoms with van der Waals surface area (Å²) in [5.41, 5.74) is 8.43. The van der Waals surface area contributed by atoms with Crippen molar-refractivity contribution in [3.8, 4) is 22.6 Å². The van der Waals surface area contributed by atoms with Crippen molar-refractivity contribution in [2.75, 3.05) is 20.0 Å². The molecule has 5 nitrogen and oxygen atoms in total. The van der Waals surface area contributed by atoms with Crippen LogP contribution in [0.1, 0.15) is 25.5 Å². The number of methoxy groups -OCH3 is 2. The zero-order valence-electron chi connectivity index (χ0n) is 11.6. The van der Waals surface area contributed by atoms with E-state index in [1.54, 1.807) is 14.2 Å². The van der Waals surface area contributed by atoms with Gasteiger partial charge in [-0.2, -0.15) is 0 Å². The van der Waals surface area contributed by atoms with E-state index in [4.69, 9.17) is 19.7 Å². The molecular weight excluding hydrogens is 244 g/mol. The van der Waals surface area contributed by atoms with Crippen LogP contribution in [-0.2, 0) is 0 Å². The first-order chi connectivity index (χ1) is 9.08. The van der Waals surface area contributed by atoms with Crippen molar-refractivity contribution in [3.63, 3.8) is 0 Å². The van der Waals surface area contributed by atoms with Crippen molar-refractivity contribution in [1.82, 2.24) is 5.16 Å². The Morgan fingerprint density at radius 3 is 2.42 bits per heavy atom. The number of ether oxygens (including phenoxy) is 2. The van der Waals surface area contributed by atoms with Crippen LogP contribution < -0.4 is 15.2 Å². The molecule has 2 aromatic rings. The van der Waals surface area contributed by atoms with E-state index in [1.165, 1.54) is 0 Å². The third-order valence-electron chi connectivity index (χ3n) is 2.96. The number of benzene rings is 1. The fourth-order valence-electron chi connectivity index (χ4n) is 1.99. The van der Waals surface area contributed by atoms with Crippen LogP contribution >= 0.6 is 0 Å². The number of rotatable bonds is 4. The number of aromatic nitrogens is 1. The van der Waals surface area contributed by atoms with E-state index in [9.17, 15) is 0 Å². The standard InChI is InChI=1S/C14H18N2O3/c1-8(2)13-12(14(15)19-16-13)9-5-6-10(17-3)11(7-9)18-4/h5-8H,15H2,1-4H3. The molecule has 1 heterocycles. The topological polar surface area (TPSA) is 70.5 Å². The Morgan fingerprint density at radius 1 is 1.16 bits per heavy atom. The minimum atomic E-state index is 0.226. The van der Waals surface area contributed by atoms with Crippen LogP contribution in [0.25, 0.3) is 11.1 Å². The molecule has 102 valence electrons. The average Bonchev–Trinajstić information content (AvgIpc) is 2.80. The van der Waals surface area contributed by atoms with Crippen molar-refractivity contribution < 1.29 is 14.0 Å². The van der Waals surface area contributed by atoms with Crippen LogP contribution in [0.2, 0.25) is 0 Å². The highest BCUT2D eigenvalue weighted by molar-refractivity contribution is 5.77. The van der Waals surface area contributed by atoms with E-state index < -0.39 is 0 Å². The Balaban J connectivity index is 2.56. The minimum Gasteiger partial charge on any atom is -0.493 e. The first-order valence-corrected chi connectivity index (χ1v) is 6.06. The zero-order chi connectivity index (χ0) is 14.0. The van der Waals surface area contributed by atoms with Crippen molar-refractivity contribution in [3.05, 3.63) is 23.9 Å². The molecule has 0 fully saturated rings. The summed E-state index contributed by atoms with van der Waals surface area (Å²) < 4.78 is 15.6. The van der Waals surface area contributed by atoms with Gasteiger partial charge in [-0.3, -0.25) is 0 Å². The summed E-state index contributed by atoms with van der Waals surface area (Å²) in [4.78, 5) is 0. The van der Waals surface area contributed by atoms with Crippen molar-refractivity contribution >= 4 is 5.88 Å². The molecule has 0 spiro atoms. The predicted molar refractivity (Wildman–Crippen MR) is 73.5 cm³/mol. The van der Waals surface area contributed by atoms with Gasteiger partial charge in [0.1, 0.15) is 0 Å². The molecule has 0 aliphatic carbocycles. The molecule has 0 atom stereocenters. The monoisotopic (exact) mass is 262 g/mol. The van der Waals surface area contributed by atoms with Crippen LogP contribution in [-0.4, -0.2) is 19.4 Å². The number of nitrogens with zero attached hydrogens (tertiary/aromatic N) is 1. The van der Waals surface area contributed by atoms with E-state index >= 15 is 0 Å². The molecule has 2 rings (SSSR count). The van der Waals surface area contributed by atoms with Crippen molar-refractivity contribution in [1.29, 1.82) is 0 Å². The van der Waals surface area contributed by atoms with Gasteiger partial charge in [0.2, 0.25) is 5.88 Å². The molecule has 2 N–H and O–H groups in total. The Labute approximate surface area is 112 Å². The third-order valence-corrected chi connectivity index (χ3v) is 2.96. The molecule has 1 aromatic carbocycles. The van der Waals surface area contributed by atoms with Gasteiger partial charge in [0.05, 0.1) is 25.5 Å². The van der Waals surface area contributed by atoms with Crippen molar-refractivity contribution in [2.45, 2.75) is 19.8 Å². The van der Waals surface area contributed by atoms with Gasteiger partial charge in [-0.05, 0) is 23.6 Å². The molecule has 19 heavy (non-hydrogen) atoms. The van der Waals surface area contributed by atoms with Gasteiger partial charge in [0.15, 0.2) is 11.5 Å². The Morgan fingerprint density at radius 2 is 1.84 bits per heavy atom. The van der Waals surface area contributed by atoms with Crippen LogP contribution in [0, 0.1) is 0 Å². The predicted octanol–water partition coefficient (Wildman–Crippen LogP) is 3.06. The van der Waals surface area contributed by atoms with Gasteiger partial charge in [0, 0.05) is 0 Å². The van der Waals surface area contributed by atoms with E-state index in [1.807, 2.05) is 32.0 Å². The second-order valence-electron chi connectivity index (χ2n) is 4.53. The summed E-state index contributed by atoms with van der Waals surface area (Å²) in [6.07, 6.45) is 0. The highest BCUT2D eigenvalue weighted by Gasteiger charge is 2.19. The smallest absolute Gasteiger partial charge is 0.230 e. The minimum absolute atomic E-state index is 0.226. The van der Waals surface area contributed by atoms with Gasteiger partial charge in [-0.15, -0.1) is 0 Å². The molecule has 0 amide bonds. The molecule has 0 aliphatic rings. The fraction of sp³-hybridized carbons (Fsp3) is 0.357. The number of anilines is 1. The van der Waals surface area contributed by atoms with Gasteiger partial charge in [-0.1, -0.05) is 25.1 Å². The lowest BCUT2D eigenvalue weighted by Crippen LogP contribution is -1.95. The quantitative estimate of drug-likeness (QED) is 0.916. The number of hydrogen-bond donors (Lipinski definition) is 1. The normalized spacial score (nSPS) is 10.8. The summed E-state index contributed by atoms with van der Waals surface area (Å²) >= 11 is 0. The van der Waals surface area contributed by atoms with E-state index in [0.29, 0.717) is 17.4 Å². The first-order valence-electron chi connectivity index (χ1n) is 6.06. The van der Waals surface area contributed by atoms with E-state index in [-0.39, 0.29) is 5.92 Å². The van der Waals surface area contributed by atoms with Crippen LogP contribution in [0.5, 0.6) is 11.5 Å². The lowest BCUT2D eigenvalue weighted by Gasteiger charge is -2.10. The van der Waals surface area contributed by atoms with E-state index in [0.717, 1.165) is 16.8 Å². The largest absolute Gasteiger partial charge is 0.493 e. The summed E-state index contributed by atoms with van der Waals surface area (Å²) in [6.45, 7) is 4.09. The SMILES string of the molecule is COc1ccc(-c2c(C(C)C)noc2N)cc1OC. The molecule has 0 bridgehead atoms. The average molecular weight is 262 g/mol. The summed E-state index contributed by atoms with van der Waals surface area (Å²) in [7, 11) is 3.20. The summed E-state index contributed by atoms with van der Waals surface area (Å²) in [5, 5.41) is 4.02. The van der Waals surface area contributed by atoms with E-state index in [2.05, 4.69) is 5.16 Å². The summed E-state index contributed by atoms with van der Waals surface area (Å²) in [5.74, 6) is 1.86. The third kappa shape index (κ3) is 2.36. The number of hydrogen-bond acceptors (Lipinski definition) is 5. The zero-order valence-corrected chi connectivity index (χ0v) is 11.6. The maximum atomic E-state index is 5.87. The molecule has 1 aromatic heterocycles. The lowest BCUT2D eigenvalue weighted by molar-refractivity contribution is 0.355. The molecular formula is C14H18N2O3. The van der Waals surface area contributed by atoms with Gasteiger partial charge in [-0.25, -0.2) is 0 Å². The molecule has 5 heteroatoms.